The molecule has 15 heavy (non-hydrogen) atoms. The van der Waals surface area contributed by atoms with Crippen molar-refractivity contribution in [3.63, 3.8) is 0 Å². The van der Waals surface area contributed by atoms with E-state index >= 15 is 0 Å². The quantitative estimate of drug-likeness (QED) is 0.753. The lowest BCUT2D eigenvalue weighted by Crippen LogP contribution is -2.10. The van der Waals surface area contributed by atoms with Crippen LogP contribution in [0.1, 0.15) is 18.5 Å². The van der Waals surface area contributed by atoms with Crippen LogP contribution in [0.25, 0.3) is 10.9 Å². The average Bonchev–Trinajstić information content (AvgIpc) is 2.27. The number of rotatable bonds is 2. The molecule has 0 saturated carbocycles. The van der Waals surface area contributed by atoms with Gasteiger partial charge in [-0.05, 0) is 30.7 Å². The van der Waals surface area contributed by atoms with Crippen LogP contribution in [0, 0.1) is 0 Å². The van der Waals surface area contributed by atoms with E-state index in [4.69, 9.17) is 5.73 Å². The highest BCUT2D eigenvalue weighted by molar-refractivity contribution is 5.79. The van der Waals surface area contributed by atoms with E-state index < -0.39 is 0 Å². The Labute approximate surface area is 89.4 Å². The number of nitrogens with zero attached hydrogens (tertiary/aromatic N) is 1. The van der Waals surface area contributed by atoms with Crippen molar-refractivity contribution < 1.29 is 0 Å². The van der Waals surface area contributed by atoms with Crippen LogP contribution in [0.2, 0.25) is 0 Å². The molecular formula is C13H14N2. The van der Waals surface area contributed by atoms with Crippen molar-refractivity contribution in [2.75, 3.05) is 0 Å². The van der Waals surface area contributed by atoms with Gasteiger partial charge in [0.15, 0.2) is 0 Å². The maximum Gasteiger partial charge on any atom is 0.0702 e. The van der Waals surface area contributed by atoms with Crippen LogP contribution in [0.5, 0.6) is 0 Å². The van der Waals surface area contributed by atoms with Gasteiger partial charge in [-0.1, -0.05) is 24.3 Å². The zero-order chi connectivity index (χ0) is 10.8. The summed E-state index contributed by atoms with van der Waals surface area (Å²) in [5.41, 5.74) is 9.06. The molecule has 0 radical (unpaired) electrons. The summed E-state index contributed by atoms with van der Waals surface area (Å²) < 4.78 is 0. The molecule has 1 unspecified atom stereocenters. The number of pyridine rings is 1. The lowest BCUT2D eigenvalue weighted by atomic mass is 10.0. The second-order valence-electron chi connectivity index (χ2n) is 3.78. The summed E-state index contributed by atoms with van der Waals surface area (Å²) in [6, 6.07) is 9.95. The number of nitrogens with two attached hydrogens (primary N) is 1. The van der Waals surface area contributed by atoms with E-state index in [1.807, 2.05) is 31.2 Å². The van der Waals surface area contributed by atoms with Gasteiger partial charge in [0, 0.05) is 11.6 Å². The maximum absolute atomic E-state index is 6.01. The monoisotopic (exact) mass is 198 g/mol. The molecule has 1 aromatic heterocycles. The van der Waals surface area contributed by atoms with Crippen LogP contribution >= 0.6 is 0 Å². The van der Waals surface area contributed by atoms with Crippen molar-refractivity contribution >= 4 is 10.9 Å². The van der Waals surface area contributed by atoms with Gasteiger partial charge in [-0.2, -0.15) is 0 Å². The van der Waals surface area contributed by atoms with Crippen LogP contribution in [0.4, 0.5) is 0 Å². The third-order valence-corrected chi connectivity index (χ3v) is 2.52. The maximum atomic E-state index is 6.01. The third kappa shape index (κ3) is 1.90. The number of benzene rings is 1. The molecule has 1 atom stereocenters. The Morgan fingerprint density at radius 3 is 2.93 bits per heavy atom. The molecular weight excluding hydrogens is 184 g/mol. The summed E-state index contributed by atoms with van der Waals surface area (Å²) in [6.07, 6.45) is 1.79. The van der Waals surface area contributed by atoms with Crippen molar-refractivity contribution in [2.45, 2.75) is 13.0 Å². The molecule has 1 heterocycles. The van der Waals surface area contributed by atoms with Gasteiger partial charge in [-0.15, -0.1) is 0 Å². The van der Waals surface area contributed by atoms with Gasteiger partial charge < -0.3 is 5.73 Å². The second-order valence-corrected chi connectivity index (χ2v) is 3.78. The molecule has 2 aromatic rings. The molecule has 2 heteroatoms. The zero-order valence-electron chi connectivity index (χ0n) is 8.77. The minimum absolute atomic E-state index is 0.0883. The van der Waals surface area contributed by atoms with Crippen LogP contribution < -0.4 is 5.73 Å². The van der Waals surface area contributed by atoms with E-state index in [-0.39, 0.29) is 6.04 Å². The van der Waals surface area contributed by atoms with Crippen LogP contribution in [0.3, 0.4) is 0 Å². The highest BCUT2D eigenvalue weighted by atomic mass is 14.7. The zero-order valence-corrected chi connectivity index (χ0v) is 8.77. The standard InChI is InChI=1S/C13H14N2/c1-9(2)13(14)11-5-6-12-10(8-11)4-3-7-15-12/h3-8,13H,1,14H2,2H3. The Hall–Kier alpha value is -1.67. The van der Waals surface area contributed by atoms with E-state index in [0.29, 0.717) is 0 Å². The molecule has 0 aliphatic heterocycles. The number of aromatic nitrogens is 1. The van der Waals surface area contributed by atoms with Crippen LogP contribution in [-0.2, 0) is 0 Å². The first-order valence-electron chi connectivity index (χ1n) is 4.94. The van der Waals surface area contributed by atoms with Crippen molar-refractivity contribution in [3.05, 3.63) is 54.2 Å². The molecule has 76 valence electrons. The Balaban J connectivity index is 2.51. The molecule has 0 aliphatic carbocycles. The first kappa shape index (κ1) is 9.87. The number of hydrogen-bond donors (Lipinski definition) is 1. The number of fused-ring (bicyclic) bond motifs is 1. The molecule has 2 N–H and O–H groups in total. The Morgan fingerprint density at radius 1 is 1.40 bits per heavy atom. The largest absolute Gasteiger partial charge is 0.321 e. The van der Waals surface area contributed by atoms with Gasteiger partial charge >= 0.3 is 0 Å². The fourth-order valence-electron chi connectivity index (χ4n) is 1.57. The van der Waals surface area contributed by atoms with Crippen molar-refractivity contribution in [1.82, 2.24) is 4.98 Å². The predicted molar refractivity (Wildman–Crippen MR) is 63.5 cm³/mol. The summed E-state index contributed by atoms with van der Waals surface area (Å²) in [7, 11) is 0. The molecule has 2 rings (SSSR count). The Kier molecular flexibility index (Phi) is 2.52. The molecule has 0 spiro atoms. The van der Waals surface area contributed by atoms with Gasteiger partial charge in [-0.3, -0.25) is 4.98 Å². The van der Waals surface area contributed by atoms with Gasteiger partial charge in [0.2, 0.25) is 0 Å². The highest BCUT2D eigenvalue weighted by Gasteiger charge is 2.06. The SMILES string of the molecule is C=C(C)C(N)c1ccc2ncccc2c1. The van der Waals surface area contributed by atoms with Crippen LogP contribution in [0.15, 0.2) is 48.7 Å². The molecule has 2 nitrogen and oxygen atoms in total. The average molecular weight is 198 g/mol. The minimum Gasteiger partial charge on any atom is -0.321 e. The Morgan fingerprint density at radius 2 is 2.20 bits per heavy atom. The molecule has 0 amide bonds. The van der Waals surface area contributed by atoms with E-state index in [0.717, 1.165) is 22.0 Å². The highest BCUT2D eigenvalue weighted by Crippen LogP contribution is 2.21. The van der Waals surface area contributed by atoms with E-state index in [1.54, 1.807) is 6.20 Å². The predicted octanol–water partition coefficient (Wildman–Crippen LogP) is 2.81. The van der Waals surface area contributed by atoms with E-state index in [2.05, 4.69) is 17.6 Å². The Bertz CT molecular complexity index is 503. The van der Waals surface area contributed by atoms with Gasteiger partial charge in [-0.25, -0.2) is 0 Å². The molecule has 0 aliphatic rings. The molecule has 0 saturated heterocycles. The van der Waals surface area contributed by atoms with E-state index in [9.17, 15) is 0 Å². The van der Waals surface area contributed by atoms with Crippen LogP contribution in [-0.4, -0.2) is 4.98 Å². The van der Waals surface area contributed by atoms with E-state index in [1.165, 1.54) is 0 Å². The second kappa shape index (κ2) is 3.83. The summed E-state index contributed by atoms with van der Waals surface area (Å²) in [6.45, 7) is 5.81. The fourth-order valence-corrected chi connectivity index (χ4v) is 1.57. The topological polar surface area (TPSA) is 38.9 Å². The van der Waals surface area contributed by atoms with Crippen molar-refractivity contribution in [1.29, 1.82) is 0 Å². The lowest BCUT2D eigenvalue weighted by molar-refractivity contribution is 0.852. The molecule has 1 aromatic carbocycles. The smallest absolute Gasteiger partial charge is 0.0702 e. The normalized spacial score (nSPS) is 12.7. The number of hydrogen-bond acceptors (Lipinski definition) is 2. The van der Waals surface area contributed by atoms with Crippen molar-refractivity contribution in [2.24, 2.45) is 5.73 Å². The summed E-state index contributed by atoms with van der Waals surface area (Å²) in [5, 5.41) is 1.12. The van der Waals surface area contributed by atoms with Crippen molar-refractivity contribution in [3.8, 4) is 0 Å². The first-order chi connectivity index (χ1) is 7.18. The summed E-state index contributed by atoms with van der Waals surface area (Å²) in [4.78, 5) is 4.26. The summed E-state index contributed by atoms with van der Waals surface area (Å²) in [5.74, 6) is 0. The van der Waals surface area contributed by atoms with Gasteiger partial charge in [0.1, 0.15) is 0 Å². The summed E-state index contributed by atoms with van der Waals surface area (Å²) >= 11 is 0. The minimum atomic E-state index is -0.0883. The molecule has 0 bridgehead atoms. The van der Waals surface area contributed by atoms with Gasteiger partial charge in [0.25, 0.3) is 0 Å². The molecule has 0 fully saturated rings. The van der Waals surface area contributed by atoms with Gasteiger partial charge in [0.05, 0.1) is 11.6 Å². The fraction of sp³-hybridized carbons (Fsp3) is 0.154. The first-order valence-corrected chi connectivity index (χ1v) is 4.94. The third-order valence-electron chi connectivity index (χ3n) is 2.52. The lowest BCUT2D eigenvalue weighted by Gasteiger charge is -2.12.